The van der Waals surface area contributed by atoms with E-state index in [0.29, 0.717) is 27.2 Å². The van der Waals surface area contributed by atoms with E-state index in [4.69, 9.17) is 17.0 Å². The Hall–Kier alpha value is -3.82. The highest BCUT2D eigenvalue weighted by atomic mass is 79.9. The fourth-order valence-electron chi connectivity index (χ4n) is 3.22. The maximum atomic E-state index is 13.1. The number of nitrogens with zero attached hydrogens (tertiary/aromatic N) is 1. The summed E-state index contributed by atoms with van der Waals surface area (Å²) in [4.78, 5) is 38.9. The molecule has 3 aromatic carbocycles. The third kappa shape index (κ3) is 5.38. The molecular weight excluding hydrogens is 518 g/mol. The minimum absolute atomic E-state index is 0.0251. The highest BCUT2D eigenvalue weighted by molar-refractivity contribution is 9.10. The van der Waals surface area contributed by atoms with E-state index in [9.17, 15) is 14.4 Å². The van der Waals surface area contributed by atoms with Gasteiger partial charge in [-0.1, -0.05) is 42.5 Å². The first-order chi connectivity index (χ1) is 16.4. The van der Waals surface area contributed by atoms with Crippen molar-refractivity contribution in [3.05, 3.63) is 94.5 Å². The predicted octanol–water partition coefficient (Wildman–Crippen LogP) is 4.30. The van der Waals surface area contributed by atoms with Crippen LogP contribution in [0.25, 0.3) is 6.08 Å². The number of carbonyl (C=O) groups is 3. The van der Waals surface area contributed by atoms with E-state index in [2.05, 4.69) is 26.6 Å². The Morgan fingerprint density at radius 2 is 1.71 bits per heavy atom. The maximum absolute atomic E-state index is 13.1. The van der Waals surface area contributed by atoms with Gasteiger partial charge < -0.3 is 10.1 Å². The van der Waals surface area contributed by atoms with Crippen LogP contribution in [0, 0.1) is 0 Å². The van der Waals surface area contributed by atoms with Gasteiger partial charge in [-0.05, 0) is 76.2 Å². The minimum atomic E-state index is -0.573. The smallest absolute Gasteiger partial charge is 0.270 e. The Bertz CT molecular complexity index is 1300. The molecule has 0 atom stereocenters. The second-order valence-corrected chi connectivity index (χ2v) is 8.43. The van der Waals surface area contributed by atoms with E-state index in [1.54, 1.807) is 54.6 Å². The third-order valence-electron chi connectivity index (χ3n) is 4.80. The highest BCUT2D eigenvalue weighted by Crippen LogP contribution is 2.28. The average molecular weight is 536 g/mol. The number of carbonyl (C=O) groups excluding carboxylic acids is 3. The maximum Gasteiger partial charge on any atom is 0.270 e. The topological polar surface area (TPSA) is 87.7 Å². The molecule has 1 saturated heterocycles. The van der Waals surface area contributed by atoms with Gasteiger partial charge in [0.15, 0.2) is 11.7 Å². The van der Waals surface area contributed by atoms with Gasteiger partial charge in [-0.2, -0.15) is 0 Å². The summed E-state index contributed by atoms with van der Waals surface area (Å²) in [6.07, 6.45) is 1.48. The van der Waals surface area contributed by atoms with Crippen LogP contribution in [0.5, 0.6) is 5.75 Å². The van der Waals surface area contributed by atoms with Crippen molar-refractivity contribution in [3.63, 3.8) is 0 Å². The fourth-order valence-corrected chi connectivity index (χ4v) is 4.01. The van der Waals surface area contributed by atoms with Gasteiger partial charge in [-0.15, -0.1) is 0 Å². The molecule has 2 N–H and O–H groups in total. The zero-order valence-electron chi connectivity index (χ0n) is 17.7. The summed E-state index contributed by atoms with van der Waals surface area (Å²) in [6.45, 7) is -0.182. The third-order valence-corrected chi connectivity index (χ3v) is 5.70. The first-order valence-electron chi connectivity index (χ1n) is 10.2. The van der Waals surface area contributed by atoms with Crippen LogP contribution in [0.2, 0.25) is 0 Å². The SMILES string of the molecule is O=C(COc1ccc(/C=C2/C(=O)NC(=S)N(c3ccccc3)C2=O)cc1Br)Nc1ccccc1. The Labute approximate surface area is 209 Å². The summed E-state index contributed by atoms with van der Waals surface area (Å²) in [6, 6.07) is 22.9. The van der Waals surface area contributed by atoms with E-state index in [-0.39, 0.29) is 23.2 Å². The second-order valence-electron chi connectivity index (χ2n) is 7.19. The van der Waals surface area contributed by atoms with Gasteiger partial charge in [0, 0.05) is 5.69 Å². The molecule has 7 nitrogen and oxygen atoms in total. The van der Waals surface area contributed by atoms with Crippen LogP contribution in [0.1, 0.15) is 5.56 Å². The number of halogens is 1. The summed E-state index contributed by atoms with van der Waals surface area (Å²) in [5, 5.41) is 5.32. The number of rotatable bonds is 6. The van der Waals surface area contributed by atoms with Gasteiger partial charge >= 0.3 is 0 Å². The minimum Gasteiger partial charge on any atom is -0.483 e. The van der Waals surface area contributed by atoms with Crippen molar-refractivity contribution < 1.29 is 19.1 Å². The van der Waals surface area contributed by atoms with Crippen molar-refractivity contribution in [3.8, 4) is 5.75 Å². The van der Waals surface area contributed by atoms with Crippen LogP contribution in [0.4, 0.5) is 11.4 Å². The van der Waals surface area contributed by atoms with E-state index in [0.717, 1.165) is 0 Å². The number of anilines is 2. The summed E-state index contributed by atoms with van der Waals surface area (Å²) in [5.74, 6) is -0.951. The first-order valence-corrected chi connectivity index (χ1v) is 11.4. The van der Waals surface area contributed by atoms with Gasteiger partial charge in [0.1, 0.15) is 11.3 Å². The number of amides is 3. The zero-order chi connectivity index (χ0) is 24.1. The molecule has 0 spiro atoms. The molecule has 170 valence electrons. The molecule has 0 unspecified atom stereocenters. The molecule has 1 aliphatic heterocycles. The lowest BCUT2D eigenvalue weighted by Crippen LogP contribution is -2.54. The van der Waals surface area contributed by atoms with E-state index >= 15 is 0 Å². The molecule has 1 heterocycles. The average Bonchev–Trinajstić information content (AvgIpc) is 2.82. The fraction of sp³-hybridized carbons (Fsp3) is 0.0400. The summed E-state index contributed by atoms with van der Waals surface area (Å²) < 4.78 is 6.16. The van der Waals surface area contributed by atoms with Crippen LogP contribution in [0.15, 0.2) is 88.9 Å². The number of ether oxygens (including phenoxy) is 1. The Morgan fingerprint density at radius 3 is 2.38 bits per heavy atom. The quantitative estimate of drug-likeness (QED) is 0.279. The van der Waals surface area contributed by atoms with Crippen LogP contribution in [-0.2, 0) is 14.4 Å². The van der Waals surface area contributed by atoms with Crippen molar-refractivity contribution in [1.82, 2.24) is 5.32 Å². The lowest BCUT2D eigenvalue weighted by molar-refractivity contribution is -0.122. The van der Waals surface area contributed by atoms with E-state index < -0.39 is 11.8 Å². The molecule has 0 aromatic heterocycles. The molecule has 9 heteroatoms. The Balaban J connectivity index is 1.48. The monoisotopic (exact) mass is 535 g/mol. The summed E-state index contributed by atoms with van der Waals surface area (Å²) in [7, 11) is 0. The zero-order valence-corrected chi connectivity index (χ0v) is 20.1. The number of thiocarbonyl (C=S) groups is 1. The normalized spacial score (nSPS) is 14.7. The Morgan fingerprint density at radius 1 is 1.03 bits per heavy atom. The molecular formula is C25H18BrN3O4S. The highest BCUT2D eigenvalue weighted by Gasteiger charge is 2.34. The van der Waals surface area contributed by atoms with Crippen LogP contribution in [0.3, 0.4) is 0 Å². The lowest BCUT2D eigenvalue weighted by atomic mass is 10.1. The van der Waals surface area contributed by atoms with Crippen molar-refractivity contribution >= 4 is 68.4 Å². The molecule has 3 aromatic rings. The Kier molecular flexibility index (Phi) is 7.15. The first kappa shape index (κ1) is 23.3. The van der Waals surface area contributed by atoms with E-state index in [1.807, 2.05) is 24.3 Å². The standard InChI is InChI=1S/C25H18BrN3O4S/c26-20-14-16(11-12-21(20)33-15-22(30)27-17-7-3-1-4-8-17)13-19-23(31)28-25(34)29(24(19)32)18-9-5-2-6-10-18/h1-14H,15H2,(H,27,30)(H,28,31,34)/b19-13-. The van der Waals surface area contributed by atoms with Crippen molar-refractivity contribution in [2.45, 2.75) is 0 Å². The molecule has 3 amide bonds. The number of hydrogen-bond donors (Lipinski definition) is 2. The number of nitrogens with one attached hydrogen (secondary N) is 2. The summed E-state index contributed by atoms with van der Waals surface area (Å²) >= 11 is 8.61. The van der Waals surface area contributed by atoms with E-state index in [1.165, 1.54) is 11.0 Å². The van der Waals surface area contributed by atoms with Gasteiger partial charge in [0.25, 0.3) is 17.7 Å². The van der Waals surface area contributed by atoms with Crippen molar-refractivity contribution in [2.24, 2.45) is 0 Å². The largest absolute Gasteiger partial charge is 0.483 e. The number of para-hydroxylation sites is 2. The molecule has 1 aliphatic rings. The second kappa shape index (κ2) is 10.4. The molecule has 0 radical (unpaired) electrons. The molecule has 0 aliphatic carbocycles. The van der Waals surface area contributed by atoms with Gasteiger partial charge in [0.2, 0.25) is 0 Å². The van der Waals surface area contributed by atoms with Gasteiger partial charge in [0.05, 0.1) is 10.2 Å². The molecule has 1 fully saturated rings. The molecule has 0 bridgehead atoms. The van der Waals surface area contributed by atoms with Gasteiger partial charge in [-0.3, -0.25) is 24.6 Å². The van der Waals surface area contributed by atoms with Crippen LogP contribution >= 0.6 is 28.1 Å². The molecule has 0 saturated carbocycles. The predicted molar refractivity (Wildman–Crippen MR) is 137 cm³/mol. The molecule has 34 heavy (non-hydrogen) atoms. The molecule has 4 rings (SSSR count). The van der Waals surface area contributed by atoms with Crippen LogP contribution in [-0.4, -0.2) is 29.4 Å². The van der Waals surface area contributed by atoms with Crippen molar-refractivity contribution in [2.75, 3.05) is 16.8 Å². The number of benzene rings is 3. The lowest BCUT2D eigenvalue weighted by Gasteiger charge is -2.28. The van der Waals surface area contributed by atoms with Crippen molar-refractivity contribution in [1.29, 1.82) is 0 Å². The van der Waals surface area contributed by atoms with Gasteiger partial charge in [-0.25, -0.2) is 0 Å². The summed E-state index contributed by atoms with van der Waals surface area (Å²) in [5.41, 5.74) is 1.77. The number of hydrogen-bond acceptors (Lipinski definition) is 5. The van der Waals surface area contributed by atoms with Crippen LogP contribution < -0.4 is 20.3 Å².